The van der Waals surface area contributed by atoms with Gasteiger partial charge in [-0.3, -0.25) is 14.9 Å². The van der Waals surface area contributed by atoms with Crippen molar-refractivity contribution >= 4 is 23.2 Å². The third-order valence-corrected chi connectivity index (χ3v) is 6.07. The van der Waals surface area contributed by atoms with Gasteiger partial charge in [-0.1, -0.05) is 0 Å². The Hall–Kier alpha value is -4.37. The van der Waals surface area contributed by atoms with E-state index in [-0.39, 0.29) is 23.2 Å². The number of nitriles is 1. The molecule has 3 aromatic rings. The van der Waals surface area contributed by atoms with Crippen LogP contribution in [0.25, 0.3) is 11.7 Å². The van der Waals surface area contributed by atoms with E-state index in [2.05, 4.69) is 4.98 Å². The Bertz CT molecular complexity index is 1270. The maximum Gasteiger partial charge on any atom is 0.270 e. The van der Waals surface area contributed by atoms with E-state index in [1.54, 1.807) is 23.1 Å². The molecule has 0 aliphatic carbocycles. The maximum absolute atomic E-state index is 13.5. The molecule has 1 aromatic carbocycles. The largest absolute Gasteiger partial charge is 0.459 e. The van der Waals surface area contributed by atoms with Crippen molar-refractivity contribution in [2.45, 2.75) is 0 Å². The molecule has 5 rings (SSSR count). The summed E-state index contributed by atoms with van der Waals surface area (Å²) in [7, 11) is 0. The third-order valence-electron chi connectivity index (χ3n) is 6.07. The van der Waals surface area contributed by atoms with Crippen molar-refractivity contribution in [3.8, 4) is 17.7 Å². The molecule has 0 atom stereocenters. The van der Waals surface area contributed by atoms with Crippen LogP contribution >= 0.6 is 0 Å². The molecule has 0 radical (unpaired) electrons. The van der Waals surface area contributed by atoms with Crippen molar-refractivity contribution in [3.05, 3.63) is 58.0 Å². The summed E-state index contributed by atoms with van der Waals surface area (Å²) in [5.41, 5.74) is 0.975. The van der Waals surface area contributed by atoms with Crippen LogP contribution in [0.3, 0.4) is 0 Å². The van der Waals surface area contributed by atoms with Gasteiger partial charge >= 0.3 is 0 Å². The second kappa shape index (κ2) is 9.47. The van der Waals surface area contributed by atoms with E-state index in [0.29, 0.717) is 75.4 Å². The zero-order valence-corrected chi connectivity index (χ0v) is 18.8. The molecule has 2 aliphatic heterocycles. The fourth-order valence-corrected chi connectivity index (χ4v) is 4.28. The fourth-order valence-electron chi connectivity index (χ4n) is 4.28. The number of rotatable bonds is 5. The number of nitro benzene ring substituents is 1. The number of benzene rings is 1. The first-order chi connectivity index (χ1) is 17.0. The standard InChI is InChI=1S/C23H22N6O6/c24-15-18-23(35-21(25-18)20-2-1-11-34-20)28-7-5-27(6-8-28)22(30)17-14-16(29(31)32)3-4-19(17)26-9-12-33-13-10-26/h1-4,11,14H,5-10,12-13H2. The van der Waals surface area contributed by atoms with Crippen LogP contribution in [0.5, 0.6) is 0 Å². The van der Waals surface area contributed by atoms with Crippen molar-refractivity contribution in [3.63, 3.8) is 0 Å². The summed E-state index contributed by atoms with van der Waals surface area (Å²) < 4.78 is 16.5. The first kappa shape index (κ1) is 22.4. The molecule has 12 nitrogen and oxygen atoms in total. The SMILES string of the molecule is N#Cc1nc(-c2ccco2)oc1N1CCN(C(=O)c2cc([N+](=O)[O-])ccc2N2CCOCC2)CC1. The number of hydrogen-bond acceptors (Lipinski definition) is 10. The highest BCUT2D eigenvalue weighted by molar-refractivity contribution is 6.00. The highest BCUT2D eigenvalue weighted by atomic mass is 16.6. The maximum atomic E-state index is 13.5. The summed E-state index contributed by atoms with van der Waals surface area (Å²) >= 11 is 0. The van der Waals surface area contributed by atoms with Gasteiger partial charge in [-0.05, 0) is 18.2 Å². The molecule has 2 aromatic heterocycles. The monoisotopic (exact) mass is 478 g/mol. The highest BCUT2D eigenvalue weighted by Gasteiger charge is 2.30. The molecule has 2 aliphatic rings. The summed E-state index contributed by atoms with van der Waals surface area (Å²) in [6.07, 6.45) is 1.49. The average Bonchev–Trinajstić information content (AvgIpc) is 3.59. The summed E-state index contributed by atoms with van der Waals surface area (Å²) in [6, 6.07) is 9.85. The number of non-ortho nitro benzene ring substituents is 1. The molecule has 180 valence electrons. The number of carbonyl (C=O) groups excluding carboxylic acids is 1. The molecule has 0 bridgehead atoms. The normalized spacial score (nSPS) is 16.3. The van der Waals surface area contributed by atoms with E-state index in [0.717, 1.165) is 0 Å². The number of morpholine rings is 1. The Morgan fingerprint density at radius 1 is 1.09 bits per heavy atom. The van der Waals surface area contributed by atoms with E-state index in [9.17, 15) is 20.2 Å². The number of ether oxygens (including phenoxy) is 1. The van der Waals surface area contributed by atoms with Crippen LogP contribution in [0.4, 0.5) is 17.3 Å². The molecule has 2 saturated heterocycles. The molecular weight excluding hydrogens is 456 g/mol. The Kier molecular flexibility index (Phi) is 6.07. The van der Waals surface area contributed by atoms with E-state index in [4.69, 9.17) is 13.6 Å². The second-order valence-electron chi connectivity index (χ2n) is 8.10. The number of furan rings is 1. The van der Waals surface area contributed by atoms with Crippen LogP contribution in [0.15, 0.2) is 45.4 Å². The molecule has 4 heterocycles. The number of amides is 1. The minimum absolute atomic E-state index is 0.130. The quantitative estimate of drug-likeness (QED) is 0.396. The summed E-state index contributed by atoms with van der Waals surface area (Å²) in [4.78, 5) is 34.1. The molecule has 12 heteroatoms. The lowest BCUT2D eigenvalue weighted by Gasteiger charge is -2.36. The third kappa shape index (κ3) is 4.41. The van der Waals surface area contributed by atoms with Crippen molar-refractivity contribution in [1.29, 1.82) is 5.26 Å². The predicted molar refractivity (Wildman–Crippen MR) is 123 cm³/mol. The number of aromatic nitrogens is 1. The van der Waals surface area contributed by atoms with Gasteiger partial charge in [0, 0.05) is 51.4 Å². The number of nitrogens with zero attached hydrogens (tertiary/aromatic N) is 6. The Morgan fingerprint density at radius 2 is 1.86 bits per heavy atom. The first-order valence-electron chi connectivity index (χ1n) is 11.2. The average molecular weight is 478 g/mol. The van der Waals surface area contributed by atoms with Crippen LogP contribution in [-0.2, 0) is 4.74 Å². The number of hydrogen-bond donors (Lipinski definition) is 0. The lowest BCUT2D eigenvalue weighted by atomic mass is 10.1. The van der Waals surface area contributed by atoms with Gasteiger partial charge in [-0.2, -0.15) is 10.2 Å². The van der Waals surface area contributed by atoms with Gasteiger partial charge in [-0.25, -0.2) is 0 Å². The molecule has 0 spiro atoms. The van der Waals surface area contributed by atoms with Gasteiger partial charge in [0.25, 0.3) is 17.5 Å². The molecule has 0 saturated carbocycles. The molecule has 2 fully saturated rings. The Morgan fingerprint density at radius 3 is 2.51 bits per heavy atom. The summed E-state index contributed by atoms with van der Waals surface area (Å²) in [5.74, 6) is 0.689. The van der Waals surface area contributed by atoms with E-state index >= 15 is 0 Å². The van der Waals surface area contributed by atoms with E-state index in [1.165, 1.54) is 18.4 Å². The highest BCUT2D eigenvalue weighted by Crippen LogP contribution is 2.31. The van der Waals surface area contributed by atoms with Crippen molar-refractivity contribution in [1.82, 2.24) is 9.88 Å². The second-order valence-corrected chi connectivity index (χ2v) is 8.10. The Balaban J connectivity index is 1.35. The minimum atomic E-state index is -0.498. The van der Waals surface area contributed by atoms with Crippen LogP contribution in [0.1, 0.15) is 16.1 Å². The topological polar surface area (TPSA) is 142 Å². The van der Waals surface area contributed by atoms with Crippen LogP contribution in [0, 0.1) is 21.4 Å². The lowest BCUT2D eigenvalue weighted by Crippen LogP contribution is -2.49. The van der Waals surface area contributed by atoms with Gasteiger partial charge in [0.05, 0.1) is 35.7 Å². The van der Waals surface area contributed by atoms with Gasteiger partial charge in [0.2, 0.25) is 11.6 Å². The summed E-state index contributed by atoms with van der Waals surface area (Å²) in [6.45, 7) is 3.80. The number of nitro groups is 1. The van der Waals surface area contributed by atoms with Crippen LogP contribution in [-0.4, -0.2) is 73.2 Å². The van der Waals surface area contributed by atoms with Crippen molar-refractivity contribution in [2.24, 2.45) is 0 Å². The zero-order valence-electron chi connectivity index (χ0n) is 18.8. The molecule has 0 N–H and O–H groups in total. The molecule has 0 unspecified atom stereocenters. The smallest absolute Gasteiger partial charge is 0.270 e. The van der Waals surface area contributed by atoms with Gasteiger partial charge in [0.15, 0.2) is 5.76 Å². The number of carbonyl (C=O) groups is 1. The van der Waals surface area contributed by atoms with Crippen LogP contribution < -0.4 is 9.80 Å². The molecule has 35 heavy (non-hydrogen) atoms. The molecule has 1 amide bonds. The number of piperazine rings is 1. The molecular formula is C23H22N6O6. The van der Waals surface area contributed by atoms with Crippen LogP contribution in [0.2, 0.25) is 0 Å². The number of anilines is 2. The number of oxazole rings is 1. The fraction of sp³-hybridized carbons (Fsp3) is 0.348. The van der Waals surface area contributed by atoms with Gasteiger partial charge in [0.1, 0.15) is 6.07 Å². The first-order valence-corrected chi connectivity index (χ1v) is 11.2. The van der Waals surface area contributed by atoms with E-state index < -0.39 is 4.92 Å². The minimum Gasteiger partial charge on any atom is -0.459 e. The van der Waals surface area contributed by atoms with E-state index in [1.807, 2.05) is 15.9 Å². The zero-order chi connectivity index (χ0) is 24.4. The van der Waals surface area contributed by atoms with Gasteiger partial charge in [-0.15, -0.1) is 0 Å². The lowest BCUT2D eigenvalue weighted by molar-refractivity contribution is -0.384. The predicted octanol–water partition coefficient (Wildman–Crippen LogP) is 2.51. The van der Waals surface area contributed by atoms with Crippen molar-refractivity contribution in [2.75, 3.05) is 62.3 Å². The Labute approximate surface area is 200 Å². The summed E-state index contributed by atoms with van der Waals surface area (Å²) in [5, 5.41) is 20.9. The van der Waals surface area contributed by atoms with Gasteiger partial charge < -0.3 is 28.3 Å². The van der Waals surface area contributed by atoms with Crippen molar-refractivity contribution < 1.29 is 23.3 Å².